The fourth-order valence-electron chi connectivity index (χ4n) is 4.34. The lowest BCUT2D eigenvalue weighted by Gasteiger charge is -2.38. The molecule has 1 N–H and O–H groups in total. The summed E-state index contributed by atoms with van der Waals surface area (Å²) in [5, 5.41) is 8.02. The first-order valence-corrected chi connectivity index (χ1v) is 10.4. The van der Waals surface area contributed by atoms with Crippen LogP contribution in [0.4, 0.5) is 0 Å². The maximum absolute atomic E-state index is 12.6. The number of hydrogen-bond donors (Lipinski definition) is 1. The zero-order valence-electron chi connectivity index (χ0n) is 16.4. The lowest BCUT2D eigenvalue weighted by molar-refractivity contribution is -0.135. The van der Waals surface area contributed by atoms with Crippen LogP contribution in [0.5, 0.6) is 5.75 Å². The van der Waals surface area contributed by atoms with Crippen LogP contribution < -0.4 is 10.1 Å². The van der Waals surface area contributed by atoms with Crippen LogP contribution in [0.25, 0.3) is 0 Å². The highest BCUT2D eigenvalue weighted by Crippen LogP contribution is 2.37. The van der Waals surface area contributed by atoms with Crippen LogP contribution in [0, 0.1) is 11.8 Å². The summed E-state index contributed by atoms with van der Waals surface area (Å²) < 4.78 is 7.34. The van der Waals surface area contributed by atoms with Gasteiger partial charge in [-0.15, -0.1) is 0 Å². The largest absolute Gasteiger partial charge is 0.484 e. The Morgan fingerprint density at radius 3 is 2.66 bits per heavy atom. The van der Waals surface area contributed by atoms with Crippen LogP contribution >= 0.6 is 11.6 Å². The lowest BCUT2D eigenvalue weighted by atomic mass is 9.92. The van der Waals surface area contributed by atoms with Crippen LogP contribution in [0.3, 0.4) is 0 Å². The van der Waals surface area contributed by atoms with Crippen molar-refractivity contribution in [2.75, 3.05) is 19.7 Å². The maximum atomic E-state index is 12.6. The standard InChI is InChI=1S/C21H25ClN4O3/c1-2-26-9-8-18(24-26)21(28)23-20-14-6-7-15(20)12-25(11-14)19(27)13-29-17-5-3-4-16(22)10-17/h3-5,8-10,14-15,20H,2,6-7,11-13H2,1H3,(H,23,28)/t14-,15+,20?. The Kier molecular flexibility index (Phi) is 5.76. The van der Waals surface area contributed by atoms with E-state index in [4.69, 9.17) is 16.3 Å². The molecular formula is C21H25ClN4O3. The van der Waals surface area contributed by atoms with Crippen molar-refractivity contribution in [1.29, 1.82) is 0 Å². The van der Waals surface area contributed by atoms with Crippen molar-refractivity contribution in [3.63, 3.8) is 0 Å². The van der Waals surface area contributed by atoms with Gasteiger partial charge >= 0.3 is 0 Å². The smallest absolute Gasteiger partial charge is 0.272 e. The normalized spacial score (nSPS) is 23.1. The Balaban J connectivity index is 1.32. The van der Waals surface area contributed by atoms with Crippen LogP contribution in [0.2, 0.25) is 5.02 Å². The third-order valence-electron chi connectivity index (χ3n) is 5.84. The molecule has 2 heterocycles. The molecule has 0 radical (unpaired) electrons. The SMILES string of the molecule is CCn1ccc(C(=O)NC2[C@@H]3CC[C@H]2CN(C(=O)COc2cccc(Cl)c2)C3)n1. The quantitative estimate of drug-likeness (QED) is 0.785. The number of carbonyl (C=O) groups excluding carboxylic acids is 2. The third kappa shape index (κ3) is 4.40. The molecule has 2 bridgehead atoms. The number of piperidine rings is 1. The molecule has 154 valence electrons. The number of nitrogens with zero attached hydrogens (tertiary/aromatic N) is 3. The van der Waals surface area contributed by atoms with Gasteiger partial charge in [0.1, 0.15) is 11.4 Å². The average Bonchev–Trinajstić information content (AvgIpc) is 3.28. The van der Waals surface area contributed by atoms with E-state index in [2.05, 4.69) is 10.4 Å². The fraction of sp³-hybridized carbons (Fsp3) is 0.476. The van der Waals surface area contributed by atoms with Crippen LogP contribution in [0.1, 0.15) is 30.3 Å². The molecule has 2 aromatic rings. The molecule has 0 spiro atoms. The average molecular weight is 417 g/mol. The van der Waals surface area contributed by atoms with E-state index in [0.717, 1.165) is 19.4 Å². The maximum Gasteiger partial charge on any atom is 0.272 e. The number of likely N-dealkylation sites (tertiary alicyclic amines) is 1. The van der Waals surface area contributed by atoms with Crippen LogP contribution in [0.15, 0.2) is 36.5 Å². The summed E-state index contributed by atoms with van der Waals surface area (Å²) >= 11 is 5.95. The Morgan fingerprint density at radius 2 is 2.00 bits per heavy atom. The molecule has 4 rings (SSSR count). The molecule has 1 saturated heterocycles. The number of rotatable bonds is 6. The highest BCUT2D eigenvalue weighted by atomic mass is 35.5. The van der Waals surface area contributed by atoms with Gasteiger partial charge in [0, 0.05) is 36.9 Å². The number of aryl methyl sites for hydroxylation is 1. The summed E-state index contributed by atoms with van der Waals surface area (Å²) in [5.74, 6) is 0.946. The lowest BCUT2D eigenvalue weighted by Crippen LogP contribution is -2.54. The van der Waals surface area contributed by atoms with Gasteiger partial charge in [-0.1, -0.05) is 17.7 Å². The number of nitrogens with one attached hydrogen (secondary N) is 1. The first-order chi connectivity index (χ1) is 14.0. The van der Waals surface area contributed by atoms with Crippen molar-refractivity contribution in [3.05, 3.63) is 47.2 Å². The third-order valence-corrected chi connectivity index (χ3v) is 6.08. The molecule has 1 saturated carbocycles. The van der Waals surface area contributed by atoms with Gasteiger partial charge in [-0.3, -0.25) is 14.3 Å². The predicted octanol–water partition coefficient (Wildman–Crippen LogP) is 2.60. The highest BCUT2D eigenvalue weighted by Gasteiger charge is 2.44. The number of aromatic nitrogens is 2. The van der Waals surface area contributed by atoms with E-state index in [1.807, 2.05) is 18.0 Å². The summed E-state index contributed by atoms with van der Waals surface area (Å²) in [7, 11) is 0. The second kappa shape index (κ2) is 8.45. The van der Waals surface area contributed by atoms with Gasteiger partial charge in [-0.2, -0.15) is 5.10 Å². The second-order valence-corrected chi connectivity index (χ2v) is 8.13. The molecule has 1 aliphatic heterocycles. The van der Waals surface area contributed by atoms with E-state index in [1.54, 1.807) is 35.0 Å². The van der Waals surface area contributed by atoms with E-state index in [0.29, 0.717) is 29.6 Å². The number of halogens is 1. The molecule has 7 nitrogen and oxygen atoms in total. The van der Waals surface area contributed by atoms with Gasteiger partial charge in [0.25, 0.3) is 11.8 Å². The number of ether oxygens (including phenoxy) is 1. The first-order valence-electron chi connectivity index (χ1n) is 10.0. The molecule has 2 fully saturated rings. The predicted molar refractivity (Wildman–Crippen MR) is 109 cm³/mol. The van der Waals surface area contributed by atoms with Crippen molar-refractivity contribution in [2.45, 2.75) is 32.4 Å². The number of benzene rings is 1. The van der Waals surface area contributed by atoms with Crippen LogP contribution in [-0.4, -0.2) is 52.2 Å². The van der Waals surface area contributed by atoms with Gasteiger partial charge in [0.15, 0.2) is 6.61 Å². The zero-order chi connectivity index (χ0) is 20.4. The molecule has 8 heteroatoms. The summed E-state index contributed by atoms with van der Waals surface area (Å²) in [6, 6.07) is 8.86. The summed E-state index contributed by atoms with van der Waals surface area (Å²) in [4.78, 5) is 27.1. The van der Waals surface area contributed by atoms with Crippen molar-refractivity contribution < 1.29 is 14.3 Å². The topological polar surface area (TPSA) is 76.5 Å². The zero-order valence-corrected chi connectivity index (χ0v) is 17.1. The van der Waals surface area contributed by atoms with Crippen molar-refractivity contribution in [3.8, 4) is 5.75 Å². The van der Waals surface area contributed by atoms with Crippen LogP contribution in [-0.2, 0) is 11.3 Å². The minimum absolute atomic E-state index is 0.00867. The summed E-state index contributed by atoms with van der Waals surface area (Å²) in [6.45, 7) is 3.99. The first kappa shape index (κ1) is 19.8. The molecule has 1 aliphatic carbocycles. The Labute approximate surface area is 175 Å². The Bertz CT molecular complexity index is 886. The number of amides is 2. The Morgan fingerprint density at radius 1 is 1.24 bits per heavy atom. The fourth-order valence-corrected chi connectivity index (χ4v) is 4.52. The Hall–Kier alpha value is -2.54. The molecule has 1 aromatic carbocycles. The molecule has 29 heavy (non-hydrogen) atoms. The number of hydrogen-bond acceptors (Lipinski definition) is 4. The number of carbonyl (C=O) groups is 2. The van der Waals surface area contributed by atoms with E-state index >= 15 is 0 Å². The second-order valence-electron chi connectivity index (χ2n) is 7.70. The van der Waals surface area contributed by atoms with Crippen molar-refractivity contribution in [1.82, 2.24) is 20.0 Å². The van der Waals surface area contributed by atoms with Gasteiger partial charge in [-0.05, 0) is 55.9 Å². The van der Waals surface area contributed by atoms with Crippen molar-refractivity contribution in [2.24, 2.45) is 11.8 Å². The van der Waals surface area contributed by atoms with Gasteiger partial charge in [-0.25, -0.2) is 0 Å². The highest BCUT2D eigenvalue weighted by molar-refractivity contribution is 6.30. The van der Waals surface area contributed by atoms with Gasteiger partial charge in [0.05, 0.1) is 0 Å². The molecule has 2 amide bonds. The monoisotopic (exact) mass is 416 g/mol. The van der Waals surface area contributed by atoms with E-state index in [-0.39, 0.29) is 36.3 Å². The molecule has 1 aromatic heterocycles. The minimum atomic E-state index is -0.136. The molecule has 1 unspecified atom stereocenters. The molecule has 2 aliphatic rings. The van der Waals surface area contributed by atoms with E-state index < -0.39 is 0 Å². The summed E-state index contributed by atoms with van der Waals surface area (Å²) in [6.07, 6.45) is 3.83. The van der Waals surface area contributed by atoms with E-state index in [1.165, 1.54) is 0 Å². The number of fused-ring (bicyclic) bond motifs is 2. The van der Waals surface area contributed by atoms with Gasteiger partial charge < -0.3 is 15.0 Å². The van der Waals surface area contributed by atoms with Crippen molar-refractivity contribution >= 4 is 23.4 Å². The molecule has 3 atom stereocenters. The van der Waals surface area contributed by atoms with E-state index in [9.17, 15) is 9.59 Å². The minimum Gasteiger partial charge on any atom is -0.484 e. The molecular weight excluding hydrogens is 392 g/mol. The summed E-state index contributed by atoms with van der Waals surface area (Å²) in [5.41, 5.74) is 0.444. The van der Waals surface area contributed by atoms with Gasteiger partial charge in [0.2, 0.25) is 0 Å².